The van der Waals surface area contributed by atoms with Crippen LogP contribution in [0.4, 0.5) is 4.39 Å². The standard InChI is InChI=1S/C24H18Cl2FN3O3/c1-14-2-8-18(11-20(14)26)30-23(32)19-9-5-16(25)10-21(19)29(24(30)33)13-22(31)28-12-15-3-6-17(27)7-4-15/h2-11H,12-13H2,1H3,(H,28,31). The zero-order valence-electron chi connectivity index (χ0n) is 17.4. The molecule has 0 aliphatic carbocycles. The van der Waals surface area contributed by atoms with E-state index in [9.17, 15) is 18.8 Å². The first-order chi connectivity index (χ1) is 15.7. The summed E-state index contributed by atoms with van der Waals surface area (Å²) in [5, 5.41) is 3.64. The molecule has 0 aliphatic rings. The number of halogens is 3. The molecular formula is C24H18Cl2FN3O3. The molecule has 4 rings (SSSR count). The lowest BCUT2D eigenvalue weighted by molar-refractivity contribution is -0.121. The van der Waals surface area contributed by atoms with Gasteiger partial charge in [0.25, 0.3) is 5.56 Å². The Balaban J connectivity index is 1.77. The summed E-state index contributed by atoms with van der Waals surface area (Å²) in [5.41, 5.74) is 0.772. The lowest BCUT2D eigenvalue weighted by Crippen LogP contribution is -2.41. The van der Waals surface area contributed by atoms with Gasteiger partial charge in [0.15, 0.2) is 0 Å². The van der Waals surface area contributed by atoms with Crippen LogP contribution in [0.2, 0.25) is 10.0 Å². The van der Waals surface area contributed by atoms with Gasteiger partial charge in [0.05, 0.1) is 16.6 Å². The first-order valence-corrected chi connectivity index (χ1v) is 10.7. The average molecular weight is 486 g/mol. The van der Waals surface area contributed by atoms with E-state index in [1.165, 1.54) is 34.9 Å². The minimum Gasteiger partial charge on any atom is -0.350 e. The Morgan fingerprint density at radius 2 is 1.73 bits per heavy atom. The van der Waals surface area contributed by atoms with Gasteiger partial charge in [-0.25, -0.2) is 13.8 Å². The van der Waals surface area contributed by atoms with Gasteiger partial charge < -0.3 is 5.32 Å². The summed E-state index contributed by atoms with van der Waals surface area (Å²) in [6.07, 6.45) is 0. The third-order valence-corrected chi connectivity index (χ3v) is 5.87. The van der Waals surface area contributed by atoms with Crippen LogP contribution in [0, 0.1) is 12.7 Å². The smallest absolute Gasteiger partial charge is 0.336 e. The predicted octanol–water partition coefficient (Wildman–Crippen LogP) is 4.22. The number of aromatic nitrogens is 2. The topological polar surface area (TPSA) is 73.1 Å². The van der Waals surface area contributed by atoms with Crippen LogP contribution in [0.15, 0.2) is 70.3 Å². The van der Waals surface area contributed by atoms with Crippen LogP contribution in [0.3, 0.4) is 0 Å². The number of nitrogens with one attached hydrogen (secondary N) is 1. The number of carbonyl (C=O) groups excluding carboxylic acids is 1. The van der Waals surface area contributed by atoms with Gasteiger partial charge >= 0.3 is 5.69 Å². The van der Waals surface area contributed by atoms with E-state index >= 15 is 0 Å². The molecule has 1 aromatic heterocycles. The molecule has 1 heterocycles. The van der Waals surface area contributed by atoms with Crippen molar-refractivity contribution in [3.63, 3.8) is 0 Å². The first kappa shape index (κ1) is 22.8. The first-order valence-electron chi connectivity index (χ1n) is 9.97. The number of amides is 1. The Hall–Kier alpha value is -3.42. The maximum atomic E-state index is 13.4. The van der Waals surface area contributed by atoms with Crippen molar-refractivity contribution in [1.82, 2.24) is 14.5 Å². The van der Waals surface area contributed by atoms with E-state index in [-0.39, 0.29) is 35.5 Å². The Morgan fingerprint density at radius 1 is 1.00 bits per heavy atom. The van der Waals surface area contributed by atoms with Crippen molar-refractivity contribution >= 4 is 40.0 Å². The molecule has 6 nitrogen and oxygen atoms in total. The summed E-state index contributed by atoms with van der Waals surface area (Å²) in [4.78, 5) is 39.2. The maximum Gasteiger partial charge on any atom is 0.336 e. The average Bonchev–Trinajstić information content (AvgIpc) is 2.78. The second-order valence-electron chi connectivity index (χ2n) is 7.51. The summed E-state index contributed by atoms with van der Waals surface area (Å²) in [6.45, 7) is 1.61. The number of nitrogens with zero attached hydrogens (tertiary/aromatic N) is 2. The van der Waals surface area contributed by atoms with Crippen LogP contribution < -0.4 is 16.6 Å². The SMILES string of the molecule is Cc1ccc(-n2c(=O)c3ccc(Cl)cc3n(CC(=O)NCc3ccc(F)cc3)c2=O)cc1Cl. The predicted molar refractivity (Wildman–Crippen MR) is 127 cm³/mol. The van der Waals surface area contributed by atoms with Crippen LogP contribution >= 0.6 is 23.2 Å². The monoisotopic (exact) mass is 485 g/mol. The van der Waals surface area contributed by atoms with E-state index in [0.717, 1.165) is 10.1 Å². The molecule has 0 unspecified atom stereocenters. The van der Waals surface area contributed by atoms with Crippen molar-refractivity contribution in [2.24, 2.45) is 0 Å². The van der Waals surface area contributed by atoms with Crippen LogP contribution in [-0.4, -0.2) is 15.0 Å². The van der Waals surface area contributed by atoms with Crippen LogP contribution in [0.25, 0.3) is 16.6 Å². The van der Waals surface area contributed by atoms with E-state index < -0.39 is 17.2 Å². The Labute approximate surface area is 197 Å². The van der Waals surface area contributed by atoms with Gasteiger partial charge in [-0.2, -0.15) is 0 Å². The van der Waals surface area contributed by atoms with Gasteiger partial charge in [0.2, 0.25) is 5.91 Å². The van der Waals surface area contributed by atoms with Gasteiger partial charge in [0, 0.05) is 16.6 Å². The van der Waals surface area contributed by atoms with Gasteiger partial charge in [-0.05, 0) is 60.5 Å². The van der Waals surface area contributed by atoms with Crippen molar-refractivity contribution < 1.29 is 9.18 Å². The van der Waals surface area contributed by atoms with Crippen molar-refractivity contribution in [2.75, 3.05) is 0 Å². The van der Waals surface area contributed by atoms with Gasteiger partial charge in [-0.15, -0.1) is 0 Å². The molecule has 1 amide bonds. The highest BCUT2D eigenvalue weighted by Crippen LogP contribution is 2.20. The number of benzene rings is 3. The third-order valence-electron chi connectivity index (χ3n) is 5.22. The molecule has 0 atom stereocenters. The number of hydrogen-bond acceptors (Lipinski definition) is 3. The van der Waals surface area contributed by atoms with Gasteiger partial charge in [-0.3, -0.25) is 14.2 Å². The molecule has 0 bridgehead atoms. The molecule has 0 saturated carbocycles. The van der Waals surface area contributed by atoms with Crippen molar-refractivity contribution in [3.8, 4) is 5.69 Å². The molecular weight excluding hydrogens is 468 g/mol. The number of hydrogen-bond donors (Lipinski definition) is 1. The highest BCUT2D eigenvalue weighted by molar-refractivity contribution is 6.31. The van der Waals surface area contributed by atoms with Gasteiger partial charge in [-0.1, -0.05) is 41.4 Å². The Morgan fingerprint density at radius 3 is 2.42 bits per heavy atom. The molecule has 0 aliphatic heterocycles. The molecule has 0 fully saturated rings. The van der Waals surface area contributed by atoms with Crippen molar-refractivity contribution in [2.45, 2.75) is 20.0 Å². The minimum absolute atomic E-state index is 0.153. The zero-order chi connectivity index (χ0) is 23.7. The normalized spacial score (nSPS) is 11.0. The molecule has 0 radical (unpaired) electrons. The highest BCUT2D eigenvalue weighted by atomic mass is 35.5. The largest absolute Gasteiger partial charge is 0.350 e. The highest BCUT2D eigenvalue weighted by Gasteiger charge is 2.17. The second kappa shape index (κ2) is 9.21. The summed E-state index contributed by atoms with van der Waals surface area (Å²) in [5.74, 6) is -0.840. The third kappa shape index (κ3) is 4.69. The van der Waals surface area contributed by atoms with E-state index in [1.807, 2.05) is 0 Å². The minimum atomic E-state index is -0.702. The number of rotatable bonds is 5. The fourth-order valence-corrected chi connectivity index (χ4v) is 3.78. The Bertz CT molecular complexity index is 1490. The van der Waals surface area contributed by atoms with Crippen LogP contribution in [0.1, 0.15) is 11.1 Å². The molecule has 1 N–H and O–H groups in total. The van der Waals surface area contributed by atoms with Crippen LogP contribution in [-0.2, 0) is 17.9 Å². The zero-order valence-corrected chi connectivity index (χ0v) is 19.0. The lowest BCUT2D eigenvalue weighted by atomic mass is 10.2. The van der Waals surface area contributed by atoms with Crippen LogP contribution in [0.5, 0.6) is 0 Å². The maximum absolute atomic E-state index is 13.4. The molecule has 33 heavy (non-hydrogen) atoms. The molecule has 168 valence electrons. The fraction of sp³-hybridized carbons (Fsp3) is 0.125. The van der Waals surface area contributed by atoms with Crippen molar-refractivity contribution in [3.05, 3.63) is 108 Å². The van der Waals surface area contributed by atoms with E-state index in [1.54, 1.807) is 37.3 Å². The van der Waals surface area contributed by atoms with Gasteiger partial charge in [0.1, 0.15) is 12.4 Å². The van der Waals surface area contributed by atoms with E-state index in [4.69, 9.17) is 23.2 Å². The molecule has 0 saturated heterocycles. The molecule has 4 aromatic rings. The quantitative estimate of drug-likeness (QED) is 0.459. The van der Waals surface area contributed by atoms with E-state index in [0.29, 0.717) is 15.6 Å². The fourth-order valence-electron chi connectivity index (χ4n) is 3.44. The Kier molecular flexibility index (Phi) is 6.35. The lowest BCUT2D eigenvalue weighted by Gasteiger charge is -2.15. The number of fused-ring (bicyclic) bond motifs is 1. The summed E-state index contributed by atoms with van der Waals surface area (Å²) in [7, 11) is 0. The molecule has 0 spiro atoms. The molecule has 3 aromatic carbocycles. The number of aryl methyl sites for hydroxylation is 1. The second-order valence-corrected chi connectivity index (χ2v) is 8.35. The summed E-state index contributed by atoms with van der Waals surface area (Å²) in [6, 6.07) is 15.1. The van der Waals surface area contributed by atoms with E-state index in [2.05, 4.69) is 5.32 Å². The summed E-state index contributed by atoms with van der Waals surface area (Å²) >= 11 is 12.3. The molecule has 9 heteroatoms. The van der Waals surface area contributed by atoms with Crippen molar-refractivity contribution in [1.29, 1.82) is 0 Å². The summed E-state index contributed by atoms with van der Waals surface area (Å²) < 4.78 is 15.3. The number of carbonyl (C=O) groups is 1.